The molecule has 1 N–H and O–H groups in total. The Kier molecular flexibility index (Phi) is 5.02. The SMILES string of the molecule is Cn1cnc(S(=O)(=O)N2CCC(C(=O)NCc3cccs3)CC2)c1. The summed E-state index contributed by atoms with van der Waals surface area (Å²) in [5.41, 5.74) is 0. The van der Waals surface area contributed by atoms with Crippen molar-refractivity contribution in [2.75, 3.05) is 13.1 Å². The fourth-order valence-electron chi connectivity index (χ4n) is 2.74. The Morgan fingerprint density at radius 3 is 2.75 bits per heavy atom. The summed E-state index contributed by atoms with van der Waals surface area (Å²) < 4.78 is 28.0. The van der Waals surface area contributed by atoms with Crippen LogP contribution in [0.1, 0.15) is 17.7 Å². The molecule has 3 rings (SSSR count). The molecule has 1 aliphatic heterocycles. The van der Waals surface area contributed by atoms with Crippen LogP contribution in [0.25, 0.3) is 0 Å². The van der Waals surface area contributed by atoms with Gasteiger partial charge in [-0.2, -0.15) is 4.31 Å². The number of thiophene rings is 1. The van der Waals surface area contributed by atoms with E-state index in [-0.39, 0.29) is 16.9 Å². The minimum absolute atomic E-state index is 0.00159. The largest absolute Gasteiger partial charge is 0.351 e. The molecule has 0 aromatic carbocycles. The Hall–Kier alpha value is -1.71. The third-order valence-corrected chi connectivity index (χ3v) is 6.79. The number of nitrogens with one attached hydrogen (secondary N) is 1. The van der Waals surface area contributed by atoms with Crippen LogP contribution in [0.4, 0.5) is 0 Å². The van der Waals surface area contributed by atoms with Crippen molar-refractivity contribution in [2.24, 2.45) is 13.0 Å². The maximum atomic E-state index is 12.5. The lowest BCUT2D eigenvalue weighted by Crippen LogP contribution is -2.42. The van der Waals surface area contributed by atoms with E-state index in [9.17, 15) is 13.2 Å². The van der Waals surface area contributed by atoms with Gasteiger partial charge >= 0.3 is 0 Å². The number of aryl methyl sites for hydroxylation is 1. The number of nitrogens with zero attached hydrogens (tertiary/aromatic N) is 3. The van der Waals surface area contributed by atoms with Crippen LogP contribution in [0, 0.1) is 5.92 Å². The Morgan fingerprint density at radius 2 is 2.17 bits per heavy atom. The number of hydrogen-bond acceptors (Lipinski definition) is 5. The second kappa shape index (κ2) is 7.04. The van der Waals surface area contributed by atoms with Gasteiger partial charge in [-0.05, 0) is 24.3 Å². The van der Waals surface area contributed by atoms with Crippen LogP contribution in [0.5, 0.6) is 0 Å². The molecule has 0 radical (unpaired) electrons. The van der Waals surface area contributed by atoms with Gasteiger partial charge in [0.2, 0.25) is 5.91 Å². The maximum Gasteiger partial charge on any atom is 0.262 e. The lowest BCUT2D eigenvalue weighted by molar-refractivity contribution is -0.126. The van der Waals surface area contributed by atoms with Gasteiger partial charge in [0, 0.05) is 37.1 Å². The molecule has 24 heavy (non-hydrogen) atoms. The van der Waals surface area contributed by atoms with E-state index < -0.39 is 10.0 Å². The van der Waals surface area contributed by atoms with Crippen molar-refractivity contribution in [2.45, 2.75) is 24.4 Å². The predicted octanol–water partition coefficient (Wildman–Crippen LogP) is 1.20. The summed E-state index contributed by atoms with van der Waals surface area (Å²) in [6.45, 7) is 1.22. The molecule has 0 unspecified atom stereocenters. The first-order chi connectivity index (χ1) is 11.5. The molecule has 7 nitrogen and oxygen atoms in total. The number of carbonyl (C=O) groups is 1. The minimum atomic E-state index is -3.57. The second-order valence-corrected chi connectivity index (χ2v) is 8.77. The highest BCUT2D eigenvalue weighted by Crippen LogP contribution is 2.23. The summed E-state index contributed by atoms with van der Waals surface area (Å²) >= 11 is 1.60. The topological polar surface area (TPSA) is 84.3 Å². The van der Waals surface area contributed by atoms with Gasteiger partial charge in [0.05, 0.1) is 12.9 Å². The molecule has 130 valence electrons. The Balaban J connectivity index is 1.54. The molecule has 0 saturated carbocycles. The second-order valence-electron chi connectivity index (χ2n) is 5.85. The zero-order chi connectivity index (χ0) is 17.2. The zero-order valence-electron chi connectivity index (χ0n) is 13.4. The fourth-order valence-corrected chi connectivity index (χ4v) is 4.82. The van der Waals surface area contributed by atoms with Crippen molar-refractivity contribution in [1.82, 2.24) is 19.2 Å². The first-order valence-corrected chi connectivity index (χ1v) is 10.1. The maximum absolute atomic E-state index is 12.5. The van der Waals surface area contributed by atoms with Crippen molar-refractivity contribution < 1.29 is 13.2 Å². The third kappa shape index (κ3) is 3.68. The van der Waals surface area contributed by atoms with Gasteiger partial charge < -0.3 is 9.88 Å². The number of rotatable bonds is 5. The van der Waals surface area contributed by atoms with Crippen LogP contribution in [-0.4, -0.2) is 41.3 Å². The van der Waals surface area contributed by atoms with E-state index in [4.69, 9.17) is 0 Å². The van der Waals surface area contributed by atoms with Gasteiger partial charge in [0.15, 0.2) is 5.03 Å². The van der Waals surface area contributed by atoms with E-state index in [1.54, 1.807) is 23.0 Å². The monoisotopic (exact) mass is 368 g/mol. The van der Waals surface area contributed by atoms with Crippen LogP contribution < -0.4 is 5.32 Å². The molecule has 2 aromatic rings. The molecular weight excluding hydrogens is 348 g/mol. The summed E-state index contributed by atoms with van der Waals surface area (Å²) in [5.74, 6) is -0.140. The normalized spacial score (nSPS) is 17.0. The number of aromatic nitrogens is 2. The zero-order valence-corrected chi connectivity index (χ0v) is 15.0. The first kappa shape index (κ1) is 17.1. The molecule has 3 heterocycles. The number of sulfonamides is 1. The highest BCUT2D eigenvalue weighted by Gasteiger charge is 2.33. The smallest absolute Gasteiger partial charge is 0.262 e. The van der Waals surface area contributed by atoms with E-state index >= 15 is 0 Å². The summed E-state index contributed by atoms with van der Waals surface area (Å²) in [7, 11) is -1.83. The molecular formula is C15H20N4O3S2. The summed E-state index contributed by atoms with van der Waals surface area (Å²) in [6.07, 6.45) is 4.03. The van der Waals surface area contributed by atoms with Crippen molar-refractivity contribution in [3.05, 3.63) is 34.9 Å². The summed E-state index contributed by atoms with van der Waals surface area (Å²) in [6, 6.07) is 3.93. The van der Waals surface area contributed by atoms with Gasteiger partial charge in [-0.3, -0.25) is 4.79 Å². The molecule has 0 spiro atoms. The lowest BCUT2D eigenvalue weighted by Gasteiger charge is -2.29. The molecule has 1 amide bonds. The molecule has 0 atom stereocenters. The third-order valence-electron chi connectivity index (χ3n) is 4.13. The van der Waals surface area contributed by atoms with Crippen molar-refractivity contribution >= 4 is 27.3 Å². The van der Waals surface area contributed by atoms with Gasteiger partial charge in [-0.25, -0.2) is 13.4 Å². The quantitative estimate of drug-likeness (QED) is 0.859. The van der Waals surface area contributed by atoms with Gasteiger partial charge in [0.25, 0.3) is 10.0 Å². The number of amides is 1. The average Bonchev–Trinajstić information content (AvgIpc) is 3.24. The number of piperidine rings is 1. The number of imidazole rings is 1. The van der Waals surface area contributed by atoms with Crippen LogP contribution in [0.3, 0.4) is 0 Å². The van der Waals surface area contributed by atoms with Gasteiger partial charge in [-0.15, -0.1) is 11.3 Å². The summed E-state index contributed by atoms with van der Waals surface area (Å²) in [5, 5.41) is 4.97. The Bertz CT molecular complexity index is 791. The van der Waals surface area contributed by atoms with Crippen molar-refractivity contribution in [3.8, 4) is 0 Å². The fraction of sp³-hybridized carbons (Fsp3) is 0.467. The minimum Gasteiger partial charge on any atom is -0.351 e. The molecule has 9 heteroatoms. The Morgan fingerprint density at radius 1 is 1.42 bits per heavy atom. The van der Waals surface area contributed by atoms with Crippen LogP contribution in [0.2, 0.25) is 0 Å². The van der Waals surface area contributed by atoms with E-state index in [1.807, 2.05) is 17.5 Å². The molecule has 0 aliphatic carbocycles. The average molecular weight is 368 g/mol. The van der Waals surface area contributed by atoms with Crippen molar-refractivity contribution in [3.63, 3.8) is 0 Å². The molecule has 0 bridgehead atoms. The standard InChI is InChI=1S/C15H20N4O3S2/c1-18-10-14(17-11-18)24(21,22)19-6-4-12(5-7-19)15(20)16-9-13-3-2-8-23-13/h2-3,8,10-12H,4-7,9H2,1H3,(H,16,20). The van der Waals surface area contributed by atoms with E-state index in [1.165, 1.54) is 16.8 Å². The predicted molar refractivity (Wildman–Crippen MR) is 90.9 cm³/mol. The van der Waals surface area contributed by atoms with Crippen molar-refractivity contribution in [1.29, 1.82) is 0 Å². The first-order valence-electron chi connectivity index (χ1n) is 7.75. The molecule has 1 fully saturated rings. The van der Waals surface area contributed by atoms with Crippen LogP contribution >= 0.6 is 11.3 Å². The van der Waals surface area contributed by atoms with E-state index in [0.717, 1.165) is 4.88 Å². The molecule has 2 aromatic heterocycles. The van der Waals surface area contributed by atoms with Gasteiger partial charge in [-0.1, -0.05) is 6.07 Å². The van der Waals surface area contributed by atoms with E-state index in [2.05, 4.69) is 10.3 Å². The number of carbonyl (C=O) groups excluding carboxylic acids is 1. The highest BCUT2D eigenvalue weighted by atomic mass is 32.2. The summed E-state index contributed by atoms with van der Waals surface area (Å²) in [4.78, 5) is 17.3. The van der Waals surface area contributed by atoms with Gasteiger partial charge in [0.1, 0.15) is 0 Å². The molecule has 1 saturated heterocycles. The number of hydrogen-bond donors (Lipinski definition) is 1. The van der Waals surface area contributed by atoms with Crippen LogP contribution in [0.15, 0.2) is 35.1 Å². The lowest BCUT2D eigenvalue weighted by atomic mass is 9.97. The van der Waals surface area contributed by atoms with E-state index in [0.29, 0.717) is 32.5 Å². The van der Waals surface area contributed by atoms with Crippen LogP contribution in [-0.2, 0) is 28.4 Å². The highest BCUT2D eigenvalue weighted by molar-refractivity contribution is 7.89. The Labute approximate surface area is 145 Å². The molecule has 1 aliphatic rings.